The van der Waals surface area contributed by atoms with Gasteiger partial charge in [0.25, 0.3) is 0 Å². The molecule has 0 spiro atoms. The van der Waals surface area contributed by atoms with Crippen LogP contribution in [0.15, 0.2) is 41.3 Å². The number of methoxy groups -OCH3 is 1. The molecule has 0 amide bonds. The SMILES string of the molecule is COc1ccc(F)cc1C(=O)c1ccc(C(F)(F)F)cc1S(C)(=O)=O. The number of carbonyl (C=O) groups excluding carboxylic acids is 1. The van der Waals surface area contributed by atoms with Gasteiger partial charge in [0, 0.05) is 11.8 Å². The van der Waals surface area contributed by atoms with Gasteiger partial charge >= 0.3 is 6.18 Å². The first-order chi connectivity index (χ1) is 11.4. The van der Waals surface area contributed by atoms with E-state index in [2.05, 4.69) is 0 Å². The molecule has 0 aliphatic rings. The molecule has 134 valence electrons. The number of rotatable bonds is 4. The summed E-state index contributed by atoms with van der Waals surface area (Å²) >= 11 is 0. The Kier molecular flexibility index (Phi) is 4.90. The standard InChI is InChI=1S/C16H12F4O4S/c1-24-13-6-4-10(17)8-12(13)15(21)11-5-3-9(16(18,19)20)7-14(11)25(2,22)23/h3-8H,1-2H3. The zero-order valence-corrected chi connectivity index (χ0v) is 13.8. The molecule has 9 heteroatoms. The average molecular weight is 376 g/mol. The third kappa shape index (κ3) is 3.98. The molecule has 0 unspecified atom stereocenters. The largest absolute Gasteiger partial charge is 0.496 e. The first-order valence-electron chi connectivity index (χ1n) is 6.74. The Hall–Kier alpha value is -2.42. The molecule has 2 rings (SSSR count). The van der Waals surface area contributed by atoms with Gasteiger partial charge in [0.2, 0.25) is 0 Å². The minimum atomic E-state index is -4.78. The normalized spacial score (nSPS) is 12.1. The minimum absolute atomic E-state index is 0.0363. The first-order valence-corrected chi connectivity index (χ1v) is 8.64. The summed E-state index contributed by atoms with van der Waals surface area (Å²) in [6.07, 6.45) is -4.10. The Morgan fingerprint density at radius 1 is 1.04 bits per heavy atom. The topological polar surface area (TPSA) is 60.4 Å². The maximum Gasteiger partial charge on any atom is 0.416 e. The van der Waals surface area contributed by atoms with Crippen molar-refractivity contribution in [3.8, 4) is 5.75 Å². The molecule has 0 saturated carbocycles. The molecule has 0 fully saturated rings. The van der Waals surface area contributed by atoms with Crippen LogP contribution >= 0.6 is 0 Å². The summed E-state index contributed by atoms with van der Waals surface area (Å²) in [5, 5.41) is 0. The molecule has 25 heavy (non-hydrogen) atoms. The molecule has 0 radical (unpaired) electrons. The van der Waals surface area contributed by atoms with Gasteiger partial charge in [0.1, 0.15) is 11.6 Å². The summed E-state index contributed by atoms with van der Waals surface area (Å²) in [4.78, 5) is 11.8. The molecule has 2 aromatic rings. The van der Waals surface area contributed by atoms with Gasteiger partial charge in [0.15, 0.2) is 15.6 Å². The van der Waals surface area contributed by atoms with Crippen LogP contribution in [0, 0.1) is 5.82 Å². The average Bonchev–Trinajstić information content (AvgIpc) is 2.52. The lowest BCUT2D eigenvalue weighted by Crippen LogP contribution is -2.14. The molecule has 0 bridgehead atoms. The highest BCUT2D eigenvalue weighted by Crippen LogP contribution is 2.33. The Labute approximate surface area is 141 Å². The van der Waals surface area contributed by atoms with Crippen LogP contribution in [-0.4, -0.2) is 27.6 Å². The Morgan fingerprint density at radius 2 is 1.68 bits per heavy atom. The van der Waals surface area contributed by atoms with E-state index >= 15 is 0 Å². The number of hydrogen-bond acceptors (Lipinski definition) is 4. The molecule has 2 aromatic carbocycles. The molecule has 0 aliphatic heterocycles. The van der Waals surface area contributed by atoms with Crippen molar-refractivity contribution in [1.82, 2.24) is 0 Å². The third-order valence-corrected chi connectivity index (χ3v) is 4.50. The second kappa shape index (κ2) is 6.47. The summed E-state index contributed by atoms with van der Waals surface area (Å²) < 4.78 is 80.6. The second-order valence-electron chi connectivity index (χ2n) is 5.15. The zero-order valence-electron chi connectivity index (χ0n) is 13.0. The molecule has 0 heterocycles. The fourth-order valence-electron chi connectivity index (χ4n) is 2.20. The monoisotopic (exact) mass is 376 g/mol. The number of hydrogen-bond donors (Lipinski definition) is 0. The molecular weight excluding hydrogens is 364 g/mol. The molecule has 4 nitrogen and oxygen atoms in total. The number of ether oxygens (including phenoxy) is 1. The van der Waals surface area contributed by atoms with Crippen LogP contribution in [-0.2, 0) is 16.0 Å². The van der Waals surface area contributed by atoms with Crippen LogP contribution in [0.3, 0.4) is 0 Å². The Morgan fingerprint density at radius 3 is 2.20 bits per heavy atom. The number of halogens is 4. The van der Waals surface area contributed by atoms with Crippen molar-refractivity contribution in [2.24, 2.45) is 0 Å². The van der Waals surface area contributed by atoms with Crippen molar-refractivity contribution < 1.29 is 35.5 Å². The van der Waals surface area contributed by atoms with Gasteiger partial charge in [-0.05, 0) is 36.4 Å². The van der Waals surface area contributed by atoms with Crippen LogP contribution < -0.4 is 4.74 Å². The maximum absolute atomic E-state index is 13.4. The number of ketones is 1. The van der Waals surface area contributed by atoms with E-state index in [0.29, 0.717) is 18.4 Å². The van der Waals surface area contributed by atoms with E-state index in [1.807, 2.05) is 0 Å². The summed E-state index contributed by atoms with van der Waals surface area (Å²) in [6, 6.07) is 4.74. The van der Waals surface area contributed by atoms with Crippen LogP contribution in [0.25, 0.3) is 0 Å². The molecule has 0 aliphatic carbocycles. The van der Waals surface area contributed by atoms with Gasteiger partial charge in [-0.3, -0.25) is 4.79 Å². The summed E-state index contributed by atoms with van der Waals surface area (Å²) in [5.41, 5.74) is -2.01. The van der Waals surface area contributed by atoms with E-state index in [1.165, 1.54) is 7.11 Å². The fourth-order valence-corrected chi connectivity index (χ4v) is 3.10. The molecular formula is C16H12F4O4S. The van der Waals surface area contributed by atoms with Gasteiger partial charge < -0.3 is 4.74 Å². The lowest BCUT2D eigenvalue weighted by molar-refractivity contribution is -0.137. The van der Waals surface area contributed by atoms with Crippen molar-refractivity contribution in [3.05, 3.63) is 58.9 Å². The highest BCUT2D eigenvalue weighted by atomic mass is 32.2. The number of carbonyl (C=O) groups is 1. The van der Waals surface area contributed by atoms with E-state index in [4.69, 9.17) is 4.74 Å². The Bertz CT molecular complexity index is 934. The summed E-state index contributed by atoms with van der Waals surface area (Å²) in [5.74, 6) is -1.78. The quantitative estimate of drug-likeness (QED) is 0.606. The van der Waals surface area contributed by atoms with Gasteiger partial charge in [-0.1, -0.05) is 0 Å². The predicted octanol–water partition coefficient (Wildman–Crippen LogP) is 3.49. The third-order valence-electron chi connectivity index (χ3n) is 3.36. The van der Waals surface area contributed by atoms with Crippen LogP contribution in [0.4, 0.5) is 17.6 Å². The van der Waals surface area contributed by atoms with Crippen molar-refractivity contribution in [2.45, 2.75) is 11.1 Å². The molecule has 0 saturated heterocycles. The van der Waals surface area contributed by atoms with Crippen molar-refractivity contribution in [3.63, 3.8) is 0 Å². The minimum Gasteiger partial charge on any atom is -0.496 e. The van der Waals surface area contributed by atoms with Crippen LogP contribution in [0.5, 0.6) is 5.75 Å². The predicted molar refractivity (Wildman–Crippen MR) is 80.9 cm³/mol. The number of sulfone groups is 1. The highest BCUT2D eigenvalue weighted by molar-refractivity contribution is 7.90. The van der Waals surface area contributed by atoms with Gasteiger partial charge in [0.05, 0.1) is 23.1 Å². The molecule has 0 atom stereocenters. The lowest BCUT2D eigenvalue weighted by atomic mass is 10.0. The lowest BCUT2D eigenvalue weighted by Gasteiger charge is -2.13. The zero-order chi connectivity index (χ0) is 19.0. The van der Waals surface area contributed by atoms with Gasteiger partial charge in [-0.2, -0.15) is 13.2 Å². The summed E-state index contributed by atoms with van der Waals surface area (Å²) in [7, 11) is -2.94. The molecule has 0 aromatic heterocycles. The first kappa shape index (κ1) is 18.9. The fraction of sp³-hybridized carbons (Fsp3) is 0.188. The smallest absolute Gasteiger partial charge is 0.416 e. The van der Waals surface area contributed by atoms with E-state index < -0.39 is 43.6 Å². The molecule has 0 N–H and O–H groups in total. The highest BCUT2D eigenvalue weighted by Gasteiger charge is 2.33. The maximum atomic E-state index is 13.4. The van der Waals surface area contributed by atoms with Crippen LogP contribution in [0.1, 0.15) is 21.5 Å². The second-order valence-corrected chi connectivity index (χ2v) is 7.14. The van der Waals surface area contributed by atoms with Crippen molar-refractivity contribution in [2.75, 3.05) is 13.4 Å². The number of alkyl halides is 3. The van der Waals surface area contributed by atoms with Crippen molar-refractivity contribution >= 4 is 15.6 Å². The summed E-state index contributed by atoms with van der Waals surface area (Å²) in [6.45, 7) is 0. The Balaban J connectivity index is 2.71. The number of benzene rings is 2. The van der Waals surface area contributed by atoms with E-state index in [0.717, 1.165) is 24.3 Å². The van der Waals surface area contributed by atoms with Crippen molar-refractivity contribution in [1.29, 1.82) is 0 Å². The van der Waals surface area contributed by atoms with Crippen LogP contribution in [0.2, 0.25) is 0 Å². The van der Waals surface area contributed by atoms with E-state index in [9.17, 15) is 30.8 Å². The van der Waals surface area contributed by atoms with Gasteiger partial charge in [-0.25, -0.2) is 12.8 Å². The van der Waals surface area contributed by atoms with E-state index in [1.54, 1.807) is 0 Å². The van der Waals surface area contributed by atoms with E-state index in [-0.39, 0.29) is 11.3 Å². The van der Waals surface area contributed by atoms with Gasteiger partial charge in [-0.15, -0.1) is 0 Å².